The normalized spacial score (nSPS) is 17.8. The Bertz CT molecular complexity index is 931. The van der Waals surface area contributed by atoms with E-state index in [2.05, 4.69) is 70.3 Å². The molecule has 1 amide bonds. The lowest BCUT2D eigenvalue weighted by atomic mass is 9.93. The maximum atomic E-state index is 11.1. The van der Waals surface area contributed by atoms with E-state index in [-0.39, 0.29) is 5.91 Å². The maximum absolute atomic E-state index is 11.1. The molecule has 0 bridgehead atoms. The second-order valence-electron chi connectivity index (χ2n) is 8.07. The highest BCUT2D eigenvalue weighted by Gasteiger charge is 2.20. The quantitative estimate of drug-likeness (QED) is 0.674. The van der Waals surface area contributed by atoms with Gasteiger partial charge in [0.25, 0.3) is 0 Å². The molecule has 1 atom stereocenters. The van der Waals surface area contributed by atoms with Crippen molar-refractivity contribution in [3.05, 3.63) is 71.9 Å². The number of primary amides is 1. The third-order valence-electron chi connectivity index (χ3n) is 5.84. The first-order valence-corrected chi connectivity index (χ1v) is 10.3. The fourth-order valence-corrected chi connectivity index (χ4v) is 4.38. The van der Waals surface area contributed by atoms with E-state index in [9.17, 15) is 4.79 Å². The zero-order chi connectivity index (χ0) is 19.3. The van der Waals surface area contributed by atoms with E-state index in [1.165, 1.54) is 34.9 Å². The van der Waals surface area contributed by atoms with Crippen LogP contribution >= 0.6 is 0 Å². The summed E-state index contributed by atoms with van der Waals surface area (Å²) >= 11 is 0. The molecule has 3 aromatic rings. The van der Waals surface area contributed by atoms with Gasteiger partial charge in [-0.1, -0.05) is 42.5 Å². The fourth-order valence-electron chi connectivity index (χ4n) is 4.38. The number of amides is 1. The molecule has 0 aliphatic carbocycles. The number of benzene rings is 2. The monoisotopic (exact) mass is 375 g/mol. The molecule has 2 aromatic carbocycles. The lowest BCUT2D eigenvalue weighted by Crippen LogP contribution is -2.35. The summed E-state index contributed by atoms with van der Waals surface area (Å²) in [6, 6.07) is 19.6. The molecule has 0 spiro atoms. The average molecular weight is 376 g/mol. The van der Waals surface area contributed by atoms with Crippen LogP contribution in [0.25, 0.3) is 10.9 Å². The minimum Gasteiger partial charge on any atom is -0.370 e. The summed E-state index contributed by atoms with van der Waals surface area (Å²) in [5.74, 6) is 0.411. The number of fused-ring (bicyclic) bond motifs is 1. The van der Waals surface area contributed by atoms with Crippen molar-refractivity contribution in [2.75, 3.05) is 13.1 Å². The van der Waals surface area contributed by atoms with Crippen LogP contribution in [-0.2, 0) is 17.9 Å². The van der Waals surface area contributed by atoms with E-state index in [1.807, 2.05) is 0 Å². The molecule has 0 radical (unpaired) electrons. The van der Waals surface area contributed by atoms with Gasteiger partial charge in [-0.05, 0) is 60.4 Å². The molecular weight excluding hydrogens is 346 g/mol. The van der Waals surface area contributed by atoms with Crippen molar-refractivity contribution in [2.45, 2.75) is 38.8 Å². The van der Waals surface area contributed by atoms with Gasteiger partial charge in [0.2, 0.25) is 5.91 Å². The van der Waals surface area contributed by atoms with Crippen LogP contribution in [0.5, 0.6) is 0 Å². The Balaban J connectivity index is 1.45. The molecule has 2 N–H and O–H groups in total. The standard InChI is InChI=1S/C24H29N3O/c25-24(28)11-9-20-7-4-13-26(16-20)17-21-8-10-22-12-14-27(23(22)15-21)18-19-5-2-1-3-6-19/h1-3,5-6,8,10,12,14-15,20H,4,7,9,11,13,16-18H2,(H2,25,28). The maximum Gasteiger partial charge on any atom is 0.217 e. The van der Waals surface area contributed by atoms with Crippen LogP contribution in [0.4, 0.5) is 0 Å². The molecule has 1 unspecified atom stereocenters. The summed E-state index contributed by atoms with van der Waals surface area (Å²) in [5, 5.41) is 1.29. The van der Waals surface area contributed by atoms with Crippen molar-refractivity contribution in [1.29, 1.82) is 0 Å². The Kier molecular flexibility index (Phi) is 5.77. The molecule has 1 fully saturated rings. The molecule has 1 aliphatic heterocycles. The first-order valence-electron chi connectivity index (χ1n) is 10.3. The SMILES string of the molecule is NC(=O)CCC1CCCN(Cc2ccc3ccn(Cc4ccccc4)c3c2)C1. The van der Waals surface area contributed by atoms with Crippen LogP contribution in [-0.4, -0.2) is 28.5 Å². The van der Waals surface area contributed by atoms with Crippen molar-refractivity contribution in [1.82, 2.24) is 9.47 Å². The highest BCUT2D eigenvalue weighted by Crippen LogP contribution is 2.24. The van der Waals surface area contributed by atoms with Gasteiger partial charge in [-0.15, -0.1) is 0 Å². The minimum absolute atomic E-state index is 0.179. The number of nitrogens with two attached hydrogens (primary N) is 1. The summed E-state index contributed by atoms with van der Waals surface area (Å²) in [5.41, 5.74) is 9.30. The molecule has 28 heavy (non-hydrogen) atoms. The number of piperidine rings is 1. The summed E-state index contributed by atoms with van der Waals surface area (Å²) in [6.45, 7) is 4.07. The van der Waals surface area contributed by atoms with Crippen molar-refractivity contribution < 1.29 is 4.79 Å². The first kappa shape index (κ1) is 18.8. The number of carbonyl (C=O) groups is 1. The van der Waals surface area contributed by atoms with E-state index < -0.39 is 0 Å². The topological polar surface area (TPSA) is 51.3 Å². The Labute approximate surface area is 166 Å². The smallest absolute Gasteiger partial charge is 0.217 e. The van der Waals surface area contributed by atoms with Gasteiger partial charge in [0, 0.05) is 37.8 Å². The van der Waals surface area contributed by atoms with Crippen LogP contribution in [0.15, 0.2) is 60.8 Å². The van der Waals surface area contributed by atoms with Crippen LogP contribution in [0.3, 0.4) is 0 Å². The molecule has 1 saturated heterocycles. The van der Waals surface area contributed by atoms with Gasteiger partial charge in [-0.3, -0.25) is 9.69 Å². The van der Waals surface area contributed by atoms with Crippen LogP contribution < -0.4 is 5.73 Å². The van der Waals surface area contributed by atoms with Gasteiger partial charge in [-0.2, -0.15) is 0 Å². The predicted molar refractivity (Wildman–Crippen MR) is 114 cm³/mol. The number of rotatable bonds is 7. The highest BCUT2D eigenvalue weighted by atomic mass is 16.1. The zero-order valence-electron chi connectivity index (χ0n) is 16.4. The third-order valence-corrected chi connectivity index (χ3v) is 5.84. The van der Waals surface area contributed by atoms with E-state index in [0.29, 0.717) is 12.3 Å². The van der Waals surface area contributed by atoms with E-state index >= 15 is 0 Å². The molecule has 0 saturated carbocycles. The van der Waals surface area contributed by atoms with Gasteiger partial charge in [0.1, 0.15) is 0 Å². The Hall–Kier alpha value is -2.59. The molecule has 1 aromatic heterocycles. The van der Waals surface area contributed by atoms with Gasteiger partial charge in [0.05, 0.1) is 0 Å². The van der Waals surface area contributed by atoms with E-state index in [0.717, 1.165) is 32.6 Å². The fraction of sp³-hybridized carbons (Fsp3) is 0.375. The van der Waals surface area contributed by atoms with Crippen molar-refractivity contribution in [3.63, 3.8) is 0 Å². The number of likely N-dealkylation sites (tertiary alicyclic amines) is 1. The van der Waals surface area contributed by atoms with E-state index in [1.54, 1.807) is 0 Å². The number of hydrogen-bond acceptors (Lipinski definition) is 2. The Morgan fingerprint density at radius 1 is 1.04 bits per heavy atom. The van der Waals surface area contributed by atoms with Crippen LogP contribution in [0.2, 0.25) is 0 Å². The summed E-state index contributed by atoms with van der Waals surface area (Å²) in [6.07, 6.45) is 6.03. The van der Waals surface area contributed by atoms with Gasteiger partial charge in [0.15, 0.2) is 0 Å². The molecule has 4 heteroatoms. The third kappa shape index (κ3) is 4.63. The van der Waals surface area contributed by atoms with Crippen molar-refractivity contribution >= 4 is 16.8 Å². The van der Waals surface area contributed by atoms with E-state index in [4.69, 9.17) is 5.73 Å². The average Bonchev–Trinajstić information content (AvgIpc) is 3.10. The molecule has 2 heterocycles. The number of hydrogen-bond donors (Lipinski definition) is 1. The van der Waals surface area contributed by atoms with Gasteiger partial charge in [-0.25, -0.2) is 0 Å². The molecular formula is C24H29N3O. The lowest BCUT2D eigenvalue weighted by molar-refractivity contribution is -0.118. The molecule has 146 valence electrons. The minimum atomic E-state index is -0.179. The number of carbonyl (C=O) groups excluding carboxylic acids is 1. The zero-order valence-corrected chi connectivity index (χ0v) is 16.4. The lowest BCUT2D eigenvalue weighted by Gasteiger charge is -2.32. The second kappa shape index (κ2) is 8.61. The molecule has 4 rings (SSSR count). The largest absolute Gasteiger partial charge is 0.370 e. The number of nitrogens with zero attached hydrogens (tertiary/aromatic N) is 2. The second-order valence-corrected chi connectivity index (χ2v) is 8.07. The summed E-state index contributed by atoms with van der Waals surface area (Å²) < 4.78 is 2.33. The van der Waals surface area contributed by atoms with Crippen molar-refractivity contribution in [2.24, 2.45) is 11.7 Å². The molecule has 4 nitrogen and oxygen atoms in total. The summed E-state index contributed by atoms with van der Waals surface area (Å²) in [7, 11) is 0. The molecule has 1 aliphatic rings. The van der Waals surface area contributed by atoms with Gasteiger partial charge >= 0.3 is 0 Å². The Morgan fingerprint density at radius 2 is 1.89 bits per heavy atom. The van der Waals surface area contributed by atoms with Crippen LogP contribution in [0.1, 0.15) is 36.8 Å². The van der Waals surface area contributed by atoms with Crippen LogP contribution in [0, 0.1) is 5.92 Å². The number of aromatic nitrogens is 1. The highest BCUT2D eigenvalue weighted by molar-refractivity contribution is 5.81. The predicted octanol–water partition coefficient (Wildman–Crippen LogP) is 4.17. The van der Waals surface area contributed by atoms with Gasteiger partial charge < -0.3 is 10.3 Å². The summed E-state index contributed by atoms with van der Waals surface area (Å²) in [4.78, 5) is 13.6. The Morgan fingerprint density at radius 3 is 2.71 bits per heavy atom. The first-order chi connectivity index (χ1) is 13.7. The van der Waals surface area contributed by atoms with Crippen molar-refractivity contribution in [3.8, 4) is 0 Å².